The summed E-state index contributed by atoms with van der Waals surface area (Å²) in [5.41, 5.74) is 4.40. The smallest absolute Gasteiger partial charge is 0.332 e. The second-order valence-corrected chi connectivity index (χ2v) is 7.47. The zero-order valence-corrected chi connectivity index (χ0v) is 16.7. The normalized spacial score (nSPS) is 20.6. The van der Waals surface area contributed by atoms with Crippen LogP contribution in [0.4, 0.5) is 11.4 Å². The van der Waals surface area contributed by atoms with Gasteiger partial charge in [0.1, 0.15) is 11.9 Å². The van der Waals surface area contributed by atoms with Crippen molar-refractivity contribution < 1.29 is 24.2 Å². The molecular weight excluding hydrogens is 384 g/mol. The van der Waals surface area contributed by atoms with Crippen LogP contribution in [0.15, 0.2) is 54.6 Å². The third-order valence-corrected chi connectivity index (χ3v) is 5.20. The number of rotatable bonds is 4. The minimum absolute atomic E-state index is 0.0365. The van der Waals surface area contributed by atoms with E-state index in [-0.39, 0.29) is 6.10 Å². The monoisotopic (exact) mass is 408 g/mol. The van der Waals surface area contributed by atoms with Crippen LogP contribution in [0.5, 0.6) is 5.75 Å². The highest BCUT2D eigenvalue weighted by Gasteiger charge is 2.28. The van der Waals surface area contributed by atoms with Crippen molar-refractivity contribution in [2.45, 2.75) is 32.1 Å². The fourth-order valence-electron chi connectivity index (χ4n) is 3.89. The predicted molar refractivity (Wildman–Crippen MR) is 112 cm³/mol. The van der Waals surface area contributed by atoms with Gasteiger partial charge in [-0.05, 0) is 48.7 Å². The molecule has 2 aliphatic heterocycles. The second-order valence-electron chi connectivity index (χ2n) is 7.47. The minimum Gasteiger partial charge on any atom is -0.487 e. The average Bonchev–Trinajstić information content (AvgIpc) is 2.92. The number of carboxylic acid groups (broad SMARTS) is 1. The van der Waals surface area contributed by atoms with E-state index < -0.39 is 18.2 Å². The van der Waals surface area contributed by atoms with Gasteiger partial charge < -0.3 is 19.5 Å². The summed E-state index contributed by atoms with van der Waals surface area (Å²) in [5.74, 6) is -1.06. The fourth-order valence-corrected chi connectivity index (χ4v) is 3.89. The number of carboxylic acids is 1. The first-order valence-electron chi connectivity index (χ1n) is 9.99. The lowest BCUT2D eigenvalue weighted by molar-refractivity contribution is -0.145. The number of esters is 1. The molecule has 0 amide bonds. The fraction of sp³-hybridized carbons (Fsp3) is 0.304. The topological polar surface area (TPSA) is 88.1 Å². The van der Waals surface area contributed by atoms with Crippen LogP contribution in [0.3, 0.4) is 0 Å². The summed E-state index contributed by atoms with van der Waals surface area (Å²) in [7, 11) is 0. The van der Waals surface area contributed by atoms with Crippen LogP contribution in [0.1, 0.15) is 18.1 Å². The SMILES string of the molecule is CC1CN(c2ccccc2)c2cc3c(cc2O1)CC(OC(=O)/C=C/C(=O)O)NCC3. The van der Waals surface area contributed by atoms with E-state index in [0.29, 0.717) is 13.0 Å². The Kier molecular flexibility index (Phi) is 5.72. The summed E-state index contributed by atoms with van der Waals surface area (Å²) in [6.45, 7) is 3.46. The highest BCUT2D eigenvalue weighted by atomic mass is 16.6. The molecule has 2 atom stereocenters. The number of hydrogen-bond donors (Lipinski definition) is 2. The molecule has 2 aliphatic rings. The molecule has 0 saturated carbocycles. The Bertz CT molecular complexity index is 973. The first-order chi connectivity index (χ1) is 14.5. The maximum Gasteiger partial charge on any atom is 0.332 e. The molecule has 7 heteroatoms. The van der Waals surface area contributed by atoms with Crippen LogP contribution >= 0.6 is 0 Å². The molecule has 156 valence electrons. The summed E-state index contributed by atoms with van der Waals surface area (Å²) >= 11 is 0. The standard InChI is InChI=1S/C23H24N2O5/c1-15-14-25(18-5-3-2-4-6-18)19-11-16-9-10-24-21(13-17(16)12-20(19)29-15)30-23(28)8-7-22(26)27/h2-8,11-12,15,21,24H,9-10,13-14H2,1H3,(H,26,27)/b8-7+. The number of carbonyl (C=O) groups is 2. The van der Waals surface area contributed by atoms with Gasteiger partial charge >= 0.3 is 11.9 Å². The van der Waals surface area contributed by atoms with E-state index in [2.05, 4.69) is 28.4 Å². The zero-order valence-electron chi connectivity index (χ0n) is 16.7. The number of nitrogens with one attached hydrogen (secondary N) is 1. The van der Waals surface area contributed by atoms with Crippen LogP contribution in [0, 0.1) is 0 Å². The van der Waals surface area contributed by atoms with Crippen LogP contribution in [-0.2, 0) is 27.2 Å². The van der Waals surface area contributed by atoms with E-state index in [9.17, 15) is 9.59 Å². The van der Waals surface area contributed by atoms with Gasteiger partial charge in [-0.2, -0.15) is 0 Å². The van der Waals surface area contributed by atoms with E-state index >= 15 is 0 Å². The van der Waals surface area contributed by atoms with Gasteiger partial charge in [0.2, 0.25) is 0 Å². The van der Waals surface area contributed by atoms with E-state index in [1.807, 2.05) is 31.2 Å². The molecule has 0 aromatic heterocycles. The molecule has 2 heterocycles. The Balaban J connectivity index is 1.59. The van der Waals surface area contributed by atoms with E-state index in [0.717, 1.165) is 47.8 Å². The maximum absolute atomic E-state index is 11.9. The number of hydrogen-bond acceptors (Lipinski definition) is 6. The Morgan fingerprint density at radius 1 is 1.20 bits per heavy atom. The molecule has 2 aromatic carbocycles. The molecule has 0 spiro atoms. The highest BCUT2D eigenvalue weighted by Crippen LogP contribution is 2.40. The molecular formula is C23H24N2O5. The molecule has 2 unspecified atom stereocenters. The Hall–Kier alpha value is -3.32. The number of fused-ring (bicyclic) bond motifs is 2. The van der Waals surface area contributed by atoms with Gasteiger partial charge in [-0.1, -0.05) is 18.2 Å². The lowest BCUT2D eigenvalue weighted by Gasteiger charge is -2.36. The minimum atomic E-state index is -1.19. The molecule has 7 nitrogen and oxygen atoms in total. The van der Waals surface area contributed by atoms with Crippen molar-refractivity contribution in [1.29, 1.82) is 0 Å². The van der Waals surface area contributed by atoms with Crippen LogP contribution in [-0.4, -0.2) is 42.5 Å². The number of aliphatic carboxylic acids is 1. The Morgan fingerprint density at radius 2 is 2.00 bits per heavy atom. The van der Waals surface area contributed by atoms with Gasteiger partial charge in [0.25, 0.3) is 0 Å². The predicted octanol–water partition coefficient (Wildman–Crippen LogP) is 2.80. The molecule has 0 saturated heterocycles. The lowest BCUT2D eigenvalue weighted by atomic mass is 9.99. The quantitative estimate of drug-likeness (QED) is 0.594. The second kappa shape index (κ2) is 8.59. The third kappa shape index (κ3) is 4.46. The van der Waals surface area contributed by atoms with Crippen LogP contribution in [0.25, 0.3) is 0 Å². The van der Waals surface area contributed by atoms with Crippen molar-refractivity contribution in [2.75, 3.05) is 18.0 Å². The molecule has 4 rings (SSSR count). The number of para-hydroxylation sites is 1. The van der Waals surface area contributed by atoms with Crippen molar-refractivity contribution in [1.82, 2.24) is 5.32 Å². The van der Waals surface area contributed by atoms with Gasteiger partial charge in [-0.15, -0.1) is 0 Å². The molecule has 0 radical (unpaired) electrons. The lowest BCUT2D eigenvalue weighted by Crippen LogP contribution is -2.35. The highest BCUT2D eigenvalue weighted by molar-refractivity contribution is 5.90. The maximum atomic E-state index is 11.9. The van der Waals surface area contributed by atoms with Crippen LogP contribution in [0.2, 0.25) is 0 Å². The Labute approximate surface area is 174 Å². The molecule has 0 bridgehead atoms. The number of ether oxygens (including phenoxy) is 2. The van der Waals surface area contributed by atoms with Crippen molar-refractivity contribution in [3.05, 3.63) is 65.7 Å². The molecule has 0 aliphatic carbocycles. The van der Waals surface area contributed by atoms with Gasteiger partial charge in [-0.3, -0.25) is 5.32 Å². The van der Waals surface area contributed by atoms with Gasteiger partial charge in [0.15, 0.2) is 6.23 Å². The number of anilines is 2. The van der Waals surface area contributed by atoms with Crippen molar-refractivity contribution in [3.8, 4) is 5.75 Å². The van der Waals surface area contributed by atoms with Crippen molar-refractivity contribution in [2.24, 2.45) is 0 Å². The zero-order chi connectivity index (χ0) is 21.1. The van der Waals surface area contributed by atoms with E-state index in [1.54, 1.807) is 0 Å². The summed E-state index contributed by atoms with van der Waals surface area (Å²) in [4.78, 5) is 24.7. The molecule has 0 fully saturated rings. The van der Waals surface area contributed by atoms with Gasteiger partial charge in [0.05, 0.1) is 12.2 Å². The van der Waals surface area contributed by atoms with Crippen LogP contribution < -0.4 is 15.0 Å². The number of carbonyl (C=O) groups excluding carboxylic acids is 1. The number of benzene rings is 2. The first kappa shape index (κ1) is 20.0. The molecule has 2 N–H and O–H groups in total. The summed E-state index contributed by atoms with van der Waals surface area (Å²) in [5, 5.41) is 11.9. The van der Waals surface area contributed by atoms with Crippen molar-refractivity contribution in [3.63, 3.8) is 0 Å². The van der Waals surface area contributed by atoms with Gasteiger partial charge in [-0.25, -0.2) is 9.59 Å². The van der Waals surface area contributed by atoms with Crippen molar-refractivity contribution >= 4 is 23.3 Å². The summed E-state index contributed by atoms with van der Waals surface area (Å²) in [6, 6.07) is 14.5. The average molecular weight is 408 g/mol. The first-order valence-corrected chi connectivity index (χ1v) is 9.99. The number of nitrogens with zero attached hydrogens (tertiary/aromatic N) is 1. The summed E-state index contributed by atoms with van der Waals surface area (Å²) < 4.78 is 11.5. The largest absolute Gasteiger partial charge is 0.487 e. The summed E-state index contributed by atoms with van der Waals surface area (Å²) in [6.07, 6.45) is 2.48. The van der Waals surface area contributed by atoms with E-state index in [4.69, 9.17) is 14.6 Å². The molecule has 2 aromatic rings. The third-order valence-electron chi connectivity index (χ3n) is 5.20. The Morgan fingerprint density at radius 3 is 2.77 bits per heavy atom. The molecule has 30 heavy (non-hydrogen) atoms. The van der Waals surface area contributed by atoms with E-state index in [1.165, 1.54) is 5.56 Å². The van der Waals surface area contributed by atoms with Gasteiger partial charge in [0, 0.05) is 30.8 Å².